The average Bonchev–Trinajstić information content (AvgIpc) is 2.38. The second-order valence-electron chi connectivity index (χ2n) is 4.26. The van der Waals surface area contributed by atoms with Crippen molar-refractivity contribution in [2.45, 2.75) is 19.1 Å². The van der Waals surface area contributed by atoms with E-state index in [2.05, 4.69) is 5.32 Å². The van der Waals surface area contributed by atoms with E-state index >= 15 is 0 Å². The second kappa shape index (κ2) is 8.04. The van der Waals surface area contributed by atoms with Gasteiger partial charge in [-0.1, -0.05) is 0 Å². The Kier molecular flexibility index (Phi) is 6.69. The van der Waals surface area contributed by atoms with Crippen molar-refractivity contribution < 1.29 is 23.4 Å². The van der Waals surface area contributed by atoms with Crippen molar-refractivity contribution in [3.8, 4) is 0 Å². The molecule has 1 aromatic rings. The molecule has 0 bridgehead atoms. The Hall–Kier alpha value is -1.24. The summed E-state index contributed by atoms with van der Waals surface area (Å²) in [6.07, 6.45) is -0.852. The molecule has 1 rings (SSSR count). The number of hydrogen-bond acceptors (Lipinski definition) is 4. The largest absolute Gasteiger partial charge is 0.389 e. The fourth-order valence-corrected chi connectivity index (χ4v) is 1.46. The third-order valence-electron chi connectivity index (χ3n) is 2.44. The smallest absolute Gasteiger partial charge is 0.160 e. The Morgan fingerprint density at radius 2 is 2.00 bits per heavy atom. The molecule has 0 heterocycles. The summed E-state index contributed by atoms with van der Waals surface area (Å²) in [4.78, 5) is 0. The molecular formula is C13H19F2NO3. The number of halogens is 2. The van der Waals surface area contributed by atoms with Crippen LogP contribution in [0.3, 0.4) is 0 Å². The summed E-state index contributed by atoms with van der Waals surface area (Å²) >= 11 is 0. The zero-order valence-electron chi connectivity index (χ0n) is 11.0. The number of ether oxygens (including phenoxy) is 2. The third kappa shape index (κ3) is 5.96. The van der Waals surface area contributed by atoms with E-state index in [-0.39, 0.29) is 19.3 Å². The molecule has 0 amide bonds. The van der Waals surface area contributed by atoms with E-state index in [1.54, 1.807) is 7.11 Å². The Morgan fingerprint density at radius 3 is 2.63 bits per heavy atom. The Labute approximate surface area is 111 Å². The number of anilines is 1. The third-order valence-corrected chi connectivity index (χ3v) is 2.44. The van der Waals surface area contributed by atoms with Crippen LogP contribution < -0.4 is 5.32 Å². The minimum Gasteiger partial charge on any atom is -0.389 e. The van der Waals surface area contributed by atoms with Crippen LogP contribution >= 0.6 is 0 Å². The molecule has 0 aliphatic carbocycles. The lowest BCUT2D eigenvalue weighted by Gasteiger charge is -2.16. The van der Waals surface area contributed by atoms with E-state index in [4.69, 9.17) is 9.47 Å². The molecule has 0 aliphatic rings. The summed E-state index contributed by atoms with van der Waals surface area (Å²) < 4.78 is 35.8. The van der Waals surface area contributed by atoms with Crippen LogP contribution in [-0.4, -0.2) is 44.2 Å². The molecule has 2 N–H and O–H groups in total. The molecule has 19 heavy (non-hydrogen) atoms. The van der Waals surface area contributed by atoms with Crippen molar-refractivity contribution in [3.63, 3.8) is 0 Å². The zero-order chi connectivity index (χ0) is 14.3. The molecule has 0 aliphatic heterocycles. The van der Waals surface area contributed by atoms with E-state index in [1.165, 1.54) is 6.07 Å². The van der Waals surface area contributed by atoms with Crippen LogP contribution in [0.25, 0.3) is 0 Å². The van der Waals surface area contributed by atoms with Crippen LogP contribution in [0.5, 0.6) is 0 Å². The fraction of sp³-hybridized carbons (Fsp3) is 0.538. The summed E-state index contributed by atoms with van der Waals surface area (Å²) in [6, 6.07) is 3.47. The first kappa shape index (κ1) is 15.8. The number of aliphatic hydroxyl groups excluding tert-OH is 1. The highest BCUT2D eigenvalue weighted by Gasteiger charge is 2.09. The lowest BCUT2D eigenvalue weighted by atomic mass is 10.3. The minimum absolute atomic E-state index is 0.108. The van der Waals surface area contributed by atoms with Crippen molar-refractivity contribution >= 4 is 5.69 Å². The predicted molar refractivity (Wildman–Crippen MR) is 68.1 cm³/mol. The van der Waals surface area contributed by atoms with E-state index in [1.807, 2.05) is 6.92 Å². The summed E-state index contributed by atoms with van der Waals surface area (Å²) in [5.74, 6) is -1.83. The maximum absolute atomic E-state index is 12.9. The highest BCUT2D eigenvalue weighted by Crippen LogP contribution is 2.12. The van der Waals surface area contributed by atoms with Crippen LogP contribution in [0.1, 0.15) is 6.92 Å². The van der Waals surface area contributed by atoms with Crippen molar-refractivity contribution in [1.29, 1.82) is 0 Å². The Bertz CT molecular complexity index is 390. The summed E-state index contributed by atoms with van der Waals surface area (Å²) in [5.41, 5.74) is 0.405. The first-order valence-electron chi connectivity index (χ1n) is 6.00. The molecule has 2 unspecified atom stereocenters. The number of benzene rings is 1. The van der Waals surface area contributed by atoms with Gasteiger partial charge in [0.2, 0.25) is 0 Å². The quantitative estimate of drug-likeness (QED) is 0.759. The summed E-state index contributed by atoms with van der Waals surface area (Å²) in [6.45, 7) is 2.61. The number of hydrogen-bond donors (Lipinski definition) is 2. The molecule has 4 nitrogen and oxygen atoms in total. The molecule has 0 spiro atoms. The first-order chi connectivity index (χ1) is 9.02. The van der Waals surface area contributed by atoms with Gasteiger partial charge in [-0.3, -0.25) is 0 Å². The van der Waals surface area contributed by atoms with Gasteiger partial charge in [-0.2, -0.15) is 0 Å². The molecule has 0 radical (unpaired) electrons. The van der Waals surface area contributed by atoms with Gasteiger partial charge in [0.05, 0.1) is 25.4 Å². The number of aliphatic hydroxyl groups is 1. The molecule has 0 fully saturated rings. The lowest BCUT2D eigenvalue weighted by Crippen LogP contribution is -2.28. The number of nitrogens with one attached hydrogen (secondary N) is 1. The van der Waals surface area contributed by atoms with Gasteiger partial charge in [0.25, 0.3) is 0 Å². The maximum Gasteiger partial charge on any atom is 0.160 e. The van der Waals surface area contributed by atoms with Crippen LogP contribution in [0, 0.1) is 11.6 Å². The van der Waals surface area contributed by atoms with Gasteiger partial charge in [-0.25, -0.2) is 8.78 Å². The molecule has 1 aromatic carbocycles. The summed E-state index contributed by atoms with van der Waals surface area (Å²) in [7, 11) is 1.57. The average molecular weight is 275 g/mol. The molecule has 2 atom stereocenters. The standard InChI is InChI=1S/C13H19F2NO3/c1-9(7-18-2)19-8-11(17)6-16-10-3-4-12(14)13(15)5-10/h3-5,9,11,16-17H,6-8H2,1-2H3. The molecule has 0 saturated heterocycles. The molecule has 6 heteroatoms. The Morgan fingerprint density at radius 1 is 1.26 bits per heavy atom. The van der Waals surface area contributed by atoms with Gasteiger partial charge >= 0.3 is 0 Å². The SMILES string of the molecule is COCC(C)OCC(O)CNc1ccc(F)c(F)c1. The van der Waals surface area contributed by atoms with E-state index in [0.29, 0.717) is 12.3 Å². The highest BCUT2D eigenvalue weighted by molar-refractivity contribution is 5.43. The van der Waals surface area contributed by atoms with E-state index in [9.17, 15) is 13.9 Å². The van der Waals surface area contributed by atoms with Crippen molar-refractivity contribution in [2.24, 2.45) is 0 Å². The zero-order valence-corrected chi connectivity index (χ0v) is 11.0. The van der Waals surface area contributed by atoms with Crippen molar-refractivity contribution in [3.05, 3.63) is 29.8 Å². The molecule has 0 saturated carbocycles. The van der Waals surface area contributed by atoms with Crippen LogP contribution in [0.2, 0.25) is 0 Å². The minimum atomic E-state index is -0.926. The molecule has 108 valence electrons. The topological polar surface area (TPSA) is 50.7 Å². The van der Waals surface area contributed by atoms with Gasteiger partial charge < -0.3 is 19.9 Å². The highest BCUT2D eigenvalue weighted by atomic mass is 19.2. The second-order valence-corrected chi connectivity index (χ2v) is 4.26. The van der Waals surface area contributed by atoms with Crippen LogP contribution in [0.15, 0.2) is 18.2 Å². The van der Waals surface area contributed by atoms with Gasteiger partial charge in [-0.15, -0.1) is 0 Å². The summed E-state index contributed by atoms with van der Waals surface area (Å²) in [5, 5.41) is 12.5. The van der Waals surface area contributed by atoms with Crippen LogP contribution in [0.4, 0.5) is 14.5 Å². The Balaban J connectivity index is 2.29. The first-order valence-corrected chi connectivity index (χ1v) is 6.00. The predicted octanol–water partition coefficient (Wildman–Crippen LogP) is 1.79. The molecule has 0 aromatic heterocycles. The fourth-order valence-electron chi connectivity index (χ4n) is 1.46. The number of methoxy groups -OCH3 is 1. The van der Waals surface area contributed by atoms with Crippen molar-refractivity contribution in [1.82, 2.24) is 0 Å². The lowest BCUT2D eigenvalue weighted by molar-refractivity contribution is -0.0282. The molecular weight excluding hydrogens is 256 g/mol. The monoisotopic (exact) mass is 275 g/mol. The van der Waals surface area contributed by atoms with E-state index < -0.39 is 17.7 Å². The van der Waals surface area contributed by atoms with Gasteiger partial charge in [0.1, 0.15) is 0 Å². The van der Waals surface area contributed by atoms with Gasteiger partial charge in [0.15, 0.2) is 11.6 Å². The van der Waals surface area contributed by atoms with E-state index in [0.717, 1.165) is 12.1 Å². The van der Waals surface area contributed by atoms with Gasteiger partial charge in [0, 0.05) is 25.4 Å². The normalized spacial score (nSPS) is 14.2. The maximum atomic E-state index is 12.9. The van der Waals surface area contributed by atoms with Crippen LogP contribution in [-0.2, 0) is 9.47 Å². The van der Waals surface area contributed by atoms with Gasteiger partial charge in [-0.05, 0) is 19.1 Å². The van der Waals surface area contributed by atoms with Crippen molar-refractivity contribution in [2.75, 3.05) is 32.2 Å². The number of rotatable bonds is 8.